The van der Waals surface area contributed by atoms with Gasteiger partial charge in [0.2, 0.25) is 11.8 Å². The van der Waals surface area contributed by atoms with Crippen molar-refractivity contribution in [1.29, 1.82) is 0 Å². The third-order valence-electron chi connectivity index (χ3n) is 5.58. The molecule has 0 aromatic heterocycles. The van der Waals surface area contributed by atoms with E-state index in [0.717, 1.165) is 12.1 Å². The van der Waals surface area contributed by atoms with Gasteiger partial charge >= 0.3 is 6.18 Å². The molecule has 170 valence electrons. The van der Waals surface area contributed by atoms with Crippen molar-refractivity contribution in [2.24, 2.45) is 11.8 Å². The number of halogens is 3. The first-order valence-corrected chi connectivity index (χ1v) is 10.1. The molecule has 0 spiro atoms. The summed E-state index contributed by atoms with van der Waals surface area (Å²) in [6.07, 6.45) is -4.49. The number of carbonyl (C=O) groups is 2. The summed E-state index contributed by atoms with van der Waals surface area (Å²) >= 11 is 0. The molecule has 2 aliphatic heterocycles. The molecule has 0 bridgehead atoms. The molecule has 11 heteroatoms. The van der Waals surface area contributed by atoms with Gasteiger partial charge in [-0.15, -0.1) is 0 Å². The fourth-order valence-corrected chi connectivity index (χ4v) is 4.09. The van der Waals surface area contributed by atoms with Crippen molar-refractivity contribution in [2.75, 3.05) is 44.2 Å². The molecule has 3 rings (SSSR count). The normalized spacial score (nSPS) is 20.0. The van der Waals surface area contributed by atoms with E-state index < -0.39 is 28.3 Å². The number of amides is 2. The summed E-state index contributed by atoms with van der Waals surface area (Å²) in [6.45, 7) is 6.08. The zero-order chi connectivity index (χ0) is 22.9. The van der Waals surface area contributed by atoms with Gasteiger partial charge in [0.25, 0.3) is 5.69 Å². The van der Waals surface area contributed by atoms with E-state index in [1.165, 1.54) is 0 Å². The molecule has 8 nitrogen and oxygen atoms in total. The van der Waals surface area contributed by atoms with Crippen molar-refractivity contribution in [2.45, 2.75) is 26.4 Å². The summed E-state index contributed by atoms with van der Waals surface area (Å²) in [4.78, 5) is 40.5. The highest BCUT2D eigenvalue weighted by atomic mass is 19.4. The van der Waals surface area contributed by atoms with Crippen LogP contribution in [0.25, 0.3) is 0 Å². The predicted octanol–water partition coefficient (Wildman–Crippen LogP) is 2.77. The molecule has 1 unspecified atom stereocenters. The lowest BCUT2D eigenvalue weighted by Crippen LogP contribution is -2.50. The number of nitro groups is 1. The van der Waals surface area contributed by atoms with Crippen LogP contribution in [0.15, 0.2) is 18.2 Å². The van der Waals surface area contributed by atoms with Crippen molar-refractivity contribution in [1.82, 2.24) is 9.80 Å². The molecule has 1 aromatic rings. The maximum Gasteiger partial charge on any atom is 0.416 e. The molecule has 2 amide bonds. The van der Waals surface area contributed by atoms with Crippen LogP contribution < -0.4 is 4.90 Å². The van der Waals surface area contributed by atoms with Crippen molar-refractivity contribution in [3.63, 3.8) is 0 Å². The Morgan fingerprint density at radius 2 is 1.87 bits per heavy atom. The van der Waals surface area contributed by atoms with E-state index in [-0.39, 0.29) is 50.1 Å². The largest absolute Gasteiger partial charge is 0.416 e. The number of hydrogen-bond donors (Lipinski definition) is 0. The molecule has 2 fully saturated rings. The Balaban J connectivity index is 1.65. The molecule has 0 N–H and O–H groups in total. The van der Waals surface area contributed by atoms with Crippen molar-refractivity contribution in [3.05, 3.63) is 33.9 Å². The minimum atomic E-state index is -4.67. The Morgan fingerprint density at radius 1 is 1.23 bits per heavy atom. The van der Waals surface area contributed by atoms with E-state index in [1.54, 1.807) is 14.7 Å². The highest BCUT2D eigenvalue weighted by molar-refractivity contribution is 5.89. The molecule has 2 aliphatic rings. The summed E-state index contributed by atoms with van der Waals surface area (Å²) in [6, 6.07) is 2.48. The monoisotopic (exact) mass is 442 g/mol. The lowest BCUT2D eigenvalue weighted by atomic mass is 10.1. The summed E-state index contributed by atoms with van der Waals surface area (Å²) in [7, 11) is 0. The molecule has 31 heavy (non-hydrogen) atoms. The maximum atomic E-state index is 12.9. The fraction of sp³-hybridized carbons (Fsp3) is 0.600. The van der Waals surface area contributed by atoms with E-state index in [0.29, 0.717) is 25.1 Å². The number of anilines is 1. The molecule has 2 saturated heterocycles. The second-order valence-electron chi connectivity index (χ2n) is 8.36. The zero-order valence-corrected chi connectivity index (χ0v) is 17.4. The highest BCUT2D eigenvalue weighted by Gasteiger charge is 2.38. The number of nitro benzene ring substituents is 1. The predicted molar refractivity (Wildman–Crippen MR) is 106 cm³/mol. The molecule has 2 heterocycles. The summed E-state index contributed by atoms with van der Waals surface area (Å²) in [5.74, 6) is -0.258. The summed E-state index contributed by atoms with van der Waals surface area (Å²) in [5, 5.41) is 11.3. The number of piperazine rings is 1. The summed E-state index contributed by atoms with van der Waals surface area (Å²) < 4.78 is 38.7. The number of carbonyl (C=O) groups excluding carboxylic acids is 2. The number of benzene rings is 1. The molecular weight excluding hydrogens is 417 g/mol. The Bertz CT molecular complexity index is 866. The van der Waals surface area contributed by atoms with Gasteiger partial charge < -0.3 is 14.7 Å². The Morgan fingerprint density at radius 3 is 2.42 bits per heavy atom. The van der Waals surface area contributed by atoms with E-state index in [9.17, 15) is 32.9 Å². The standard InChI is InChI=1S/C20H25F3N4O4/c1-13(2)11-26-12-14(9-18(26)28)19(29)25-7-5-24(6-8-25)16-4-3-15(20(21,22)23)10-17(16)27(30)31/h3-4,10,13-14H,5-9,11-12H2,1-2H3. The number of likely N-dealkylation sites (tertiary alicyclic amines) is 1. The minimum absolute atomic E-state index is 0.0361. The third-order valence-corrected chi connectivity index (χ3v) is 5.58. The first kappa shape index (κ1) is 22.8. The lowest BCUT2D eigenvalue weighted by Gasteiger charge is -2.37. The van der Waals surface area contributed by atoms with Crippen molar-refractivity contribution < 1.29 is 27.7 Å². The van der Waals surface area contributed by atoms with Gasteiger partial charge in [0.1, 0.15) is 5.69 Å². The average molecular weight is 442 g/mol. The van der Waals surface area contributed by atoms with Crippen LogP contribution in [0.2, 0.25) is 0 Å². The van der Waals surface area contributed by atoms with Crippen LogP contribution in [0.3, 0.4) is 0 Å². The summed E-state index contributed by atoms with van der Waals surface area (Å²) in [5.41, 5.74) is -1.59. The topological polar surface area (TPSA) is 87.0 Å². The van der Waals surface area contributed by atoms with Gasteiger partial charge in [-0.2, -0.15) is 13.2 Å². The number of alkyl halides is 3. The quantitative estimate of drug-likeness (QED) is 0.517. The molecule has 0 radical (unpaired) electrons. The van der Waals surface area contributed by atoms with E-state index in [2.05, 4.69) is 0 Å². The van der Waals surface area contributed by atoms with Gasteiger partial charge in [-0.25, -0.2) is 0 Å². The van der Waals surface area contributed by atoms with Crippen molar-refractivity contribution >= 4 is 23.2 Å². The van der Waals surface area contributed by atoms with Crippen LogP contribution in [0, 0.1) is 22.0 Å². The third kappa shape index (κ3) is 5.08. The average Bonchev–Trinajstić information content (AvgIpc) is 3.06. The Labute approximate surface area is 177 Å². The van der Waals surface area contributed by atoms with Crippen molar-refractivity contribution in [3.8, 4) is 0 Å². The van der Waals surface area contributed by atoms with E-state index in [4.69, 9.17) is 0 Å². The Kier molecular flexibility index (Phi) is 6.42. The lowest BCUT2D eigenvalue weighted by molar-refractivity contribution is -0.384. The molecule has 0 aliphatic carbocycles. The highest BCUT2D eigenvalue weighted by Crippen LogP contribution is 2.37. The number of nitrogens with zero attached hydrogens (tertiary/aromatic N) is 4. The zero-order valence-electron chi connectivity index (χ0n) is 17.4. The second-order valence-corrected chi connectivity index (χ2v) is 8.36. The van der Waals surface area contributed by atoms with Crippen LogP contribution in [0.5, 0.6) is 0 Å². The first-order valence-electron chi connectivity index (χ1n) is 10.1. The van der Waals surface area contributed by atoms with Gasteiger partial charge in [0.05, 0.1) is 16.4 Å². The number of hydrogen-bond acceptors (Lipinski definition) is 5. The van der Waals surface area contributed by atoms with Crippen LogP contribution in [-0.4, -0.2) is 65.8 Å². The van der Waals surface area contributed by atoms with Crippen LogP contribution in [0.4, 0.5) is 24.5 Å². The Hall–Kier alpha value is -2.85. The van der Waals surface area contributed by atoms with Gasteiger partial charge in [-0.1, -0.05) is 13.8 Å². The first-order chi connectivity index (χ1) is 14.5. The van der Waals surface area contributed by atoms with Crippen LogP contribution in [-0.2, 0) is 15.8 Å². The molecule has 1 aromatic carbocycles. The van der Waals surface area contributed by atoms with E-state index in [1.807, 2.05) is 13.8 Å². The van der Waals surface area contributed by atoms with E-state index >= 15 is 0 Å². The smallest absolute Gasteiger partial charge is 0.362 e. The molecular formula is C20H25F3N4O4. The molecule has 1 atom stereocenters. The minimum Gasteiger partial charge on any atom is -0.362 e. The van der Waals surface area contributed by atoms with Gasteiger partial charge in [0.15, 0.2) is 0 Å². The molecule has 0 saturated carbocycles. The van der Waals surface area contributed by atoms with Gasteiger partial charge in [-0.3, -0.25) is 19.7 Å². The SMILES string of the molecule is CC(C)CN1CC(C(=O)N2CCN(c3ccc(C(F)(F)F)cc3[N+](=O)[O-])CC2)CC1=O. The van der Waals surface area contributed by atoms with Crippen LogP contribution in [0.1, 0.15) is 25.8 Å². The maximum absolute atomic E-state index is 12.9. The van der Waals surface area contributed by atoms with Crippen LogP contribution >= 0.6 is 0 Å². The number of rotatable bonds is 5. The fourth-order valence-electron chi connectivity index (χ4n) is 4.09. The second kappa shape index (κ2) is 8.72. The van der Waals surface area contributed by atoms with Gasteiger partial charge in [0, 0.05) is 51.8 Å². The van der Waals surface area contributed by atoms with Gasteiger partial charge in [-0.05, 0) is 18.1 Å².